The second kappa shape index (κ2) is 7.18. The van der Waals surface area contributed by atoms with Crippen molar-refractivity contribution >= 4 is 5.91 Å². The Morgan fingerprint density at radius 3 is 2.13 bits per heavy atom. The molecule has 2 aromatic rings. The van der Waals surface area contributed by atoms with Crippen LogP contribution in [0.4, 0.5) is 0 Å². The van der Waals surface area contributed by atoms with E-state index in [0.29, 0.717) is 17.1 Å². The number of hydrogen-bond donors (Lipinski definition) is 1. The number of methoxy groups -OCH3 is 2. The minimum absolute atomic E-state index is 0.0831. The predicted molar refractivity (Wildman–Crippen MR) is 91.3 cm³/mol. The maximum Gasteiger partial charge on any atom is 0.252 e. The summed E-state index contributed by atoms with van der Waals surface area (Å²) in [4.78, 5) is 12.5. The number of rotatable bonds is 5. The molecule has 0 saturated carbocycles. The lowest BCUT2D eigenvalue weighted by Crippen LogP contribution is -2.27. The molecule has 0 fully saturated rings. The van der Waals surface area contributed by atoms with Gasteiger partial charge in [-0.2, -0.15) is 0 Å². The second-order valence-corrected chi connectivity index (χ2v) is 5.66. The molecule has 4 nitrogen and oxygen atoms in total. The molecule has 0 aromatic heterocycles. The van der Waals surface area contributed by atoms with Gasteiger partial charge in [-0.05, 0) is 44.0 Å². The maximum atomic E-state index is 12.5. The average Bonchev–Trinajstić information content (AvgIpc) is 2.53. The summed E-state index contributed by atoms with van der Waals surface area (Å²) >= 11 is 0. The molecule has 4 heteroatoms. The molecule has 0 radical (unpaired) electrons. The molecule has 0 bridgehead atoms. The number of nitrogens with one attached hydrogen (secondary N) is 1. The van der Waals surface area contributed by atoms with Crippen LogP contribution in [0.2, 0.25) is 0 Å². The predicted octanol–water partition coefficient (Wildman–Crippen LogP) is 3.81. The van der Waals surface area contributed by atoms with Crippen molar-refractivity contribution < 1.29 is 14.3 Å². The Morgan fingerprint density at radius 2 is 1.61 bits per heavy atom. The van der Waals surface area contributed by atoms with E-state index in [2.05, 4.69) is 37.4 Å². The molecule has 1 N–H and O–H groups in total. The van der Waals surface area contributed by atoms with Crippen LogP contribution < -0.4 is 14.8 Å². The SMILES string of the molecule is COc1cc(OC)cc(C(=O)N[C@H](C)c2ccc(C)cc2C)c1. The summed E-state index contributed by atoms with van der Waals surface area (Å²) in [5.41, 5.74) is 4.00. The molecule has 2 rings (SSSR count). The van der Waals surface area contributed by atoms with E-state index in [1.807, 2.05) is 6.92 Å². The van der Waals surface area contributed by atoms with Crippen LogP contribution in [0, 0.1) is 13.8 Å². The standard InChI is InChI=1S/C19H23NO3/c1-12-6-7-18(13(2)8-12)14(3)20-19(21)15-9-16(22-4)11-17(10-15)23-5/h6-11,14H,1-5H3,(H,20,21)/t14-/m1/s1. The molecule has 122 valence electrons. The van der Waals surface area contributed by atoms with E-state index in [4.69, 9.17) is 9.47 Å². The summed E-state index contributed by atoms with van der Waals surface area (Å²) in [7, 11) is 3.13. The highest BCUT2D eigenvalue weighted by Crippen LogP contribution is 2.24. The lowest BCUT2D eigenvalue weighted by molar-refractivity contribution is 0.0939. The highest BCUT2D eigenvalue weighted by atomic mass is 16.5. The third-order valence-electron chi connectivity index (χ3n) is 3.85. The maximum absolute atomic E-state index is 12.5. The number of carbonyl (C=O) groups excluding carboxylic acids is 1. The Kier molecular flexibility index (Phi) is 5.27. The smallest absolute Gasteiger partial charge is 0.252 e. The van der Waals surface area contributed by atoms with Gasteiger partial charge in [0.2, 0.25) is 0 Å². The lowest BCUT2D eigenvalue weighted by atomic mass is 10.00. The summed E-state index contributed by atoms with van der Waals surface area (Å²) in [6, 6.07) is 11.3. The van der Waals surface area contributed by atoms with Gasteiger partial charge in [0.15, 0.2) is 0 Å². The molecular formula is C19H23NO3. The number of benzene rings is 2. The molecule has 0 saturated heterocycles. The molecular weight excluding hydrogens is 290 g/mol. The number of aryl methyl sites for hydroxylation is 2. The first kappa shape index (κ1) is 16.9. The summed E-state index contributed by atoms with van der Waals surface area (Å²) in [6.45, 7) is 6.09. The first-order chi connectivity index (χ1) is 10.9. The molecule has 0 heterocycles. The van der Waals surface area contributed by atoms with E-state index in [1.54, 1.807) is 32.4 Å². The molecule has 1 atom stereocenters. The van der Waals surface area contributed by atoms with E-state index in [9.17, 15) is 4.79 Å². The van der Waals surface area contributed by atoms with Gasteiger partial charge in [0.1, 0.15) is 11.5 Å². The van der Waals surface area contributed by atoms with Gasteiger partial charge in [-0.1, -0.05) is 23.8 Å². The molecule has 1 amide bonds. The minimum Gasteiger partial charge on any atom is -0.497 e. The second-order valence-electron chi connectivity index (χ2n) is 5.66. The Labute approximate surface area is 137 Å². The molecule has 23 heavy (non-hydrogen) atoms. The van der Waals surface area contributed by atoms with Crippen LogP contribution in [0.15, 0.2) is 36.4 Å². The highest BCUT2D eigenvalue weighted by molar-refractivity contribution is 5.95. The zero-order chi connectivity index (χ0) is 17.0. The molecule has 2 aromatic carbocycles. The van der Waals surface area contributed by atoms with E-state index < -0.39 is 0 Å². The third kappa shape index (κ3) is 4.03. The lowest BCUT2D eigenvalue weighted by Gasteiger charge is -2.17. The first-order valence-electron chi connectivity index (χ1n) is 7.55. The summed E-state index contributed by atoms with van der Waals surface area (Å²) in [5, 5.41) is 3.03. The molecule has 0 aliphatic heterocycles. The van der Waals surface area contributed by atoms with Crippen LogP contribution >= 0.6 is 0 Å². The Balaban J connectivity index is 2.21. The zero-order valence-electron chi connectivity index (χ0n) is 14.3. The quantitative estimate of drug-likeness (QED) is 0.913. The van der Waals surface area contributed by atoms with Gasteiger partial charge in [0.25, 0.3) is 5.91 Å². The van der Waals surface area contributed by atoms with Gasteiger partial charge in [-0.25, -0.2) is 0 Å². The Hall–Kier alpha value is -2.49. The van der Waals surface area contributed by atoms with Gasteiger partial charge in [0.05, 0.1) is 20.3 Å². The average molecular weight is 313 g/mol. The van der Waals surface area contributed by atoms with E-state index >= 15 is 0 Å². The van der Waals surface area contributed by atoms with Crippen molar-refractivity contribution in [3.05, 3.63) is 58.7 Å². The summed E-state index contributed by atoms with van der Waals surface area (Å²) < 4.78 is 10.4. The monoisotopic (exact) mass is 313 g/mol. The van der Waals surface area contributed by atoms with Gasteiger partial charge in [-0.3, -0.25) is 4.79 Å². The highest BCUT2D eigenvalue weighted by Gasteiger charge is 2.15. The number of hydrogen-bond acceptors (Lipinski definition) is 3. The normalized spacial score (nSPS) is 11.7. The van der Waals surface area contributed by atoms with Crippen LogP contribution in [-0.4, -0.2) is 20.1 Å². The molecule has 0 aliphatic rings. The van der Waals surface area contributed by atoms with Crippen molar-refractivity contribution in [2.45, 2.75) is 26.8 Å². The van der Waals surface area contributed by atoms with E-state index in [1.165, 1.54) is 11.1 Å². The van der Waals surface area contributed by atoms with Crippen LogP contribution in [0.25, 0.3) is 0 Å². The van der Waals surface area contributed by atoms with Crippen molar-refractivity contribution in [1.29, 1.82) is 0 Å². The fraction of sp³-hybridized carbons (Fsp3) is 0.316. The van der Waals surface area contributed by atoms with Crippen LogP contribution in [0.1, 0.15) is 40.0 Å². The van der Waals surface area contributed by atoms with E-state index in [0.717, 1.165) is 5.56 Å². The van der Waals surface area contributed by atoms with Crippen molar-refractivity contribution in [2.75, 3.05) is 14.2 Å². The van der Waals surface area contributed by atoms with Crippen LogP contribution in [0.5, 0.6) is 11.5 Å². The number of ether oxygens (including phenoxy) is 2. The van der Waals surface area contributed by atoms with Crippen LogP contribution in [0.3, 0.4) is 0 Å². The first-order valence-corrected chi connectivity index (χ1v) is 7.55. The summed E-state index contributed by atoms with van der Waals surface area (Å²) in [5.74, 6) is 1.03. The molecule has 0 aliphatic carbocycles. The fourth-order valence-electron chi connectivity index (χ4n) is 2.61. The topological polar surface area (TPSA) is 47.6 Å². The molecule has 0 unspecified atom stereocenters. The third-order valence-corrected chi connectivity index (χ3v) is 3.85. The van der Waals surface area contributed by atoms with Gasteiger partial charge in [0, 0.05) is 11.6 Å². The van der Waals surface area contributed by atoms with Crippen molar-refractivity contribution in [2.24, 2.45) is 0 Å². The largest absolute Gasteiger partial charge is 0.497 e. The van der Waals surface area contributed by atoms with Crippen LogP contribution in [-0.2, 0) is 0 Å². The molecule has 0 spiro atoms. The number of amides is 1. The minimum atomic E-state index is -0.158. The van der Waals surface area contributed by atoms with Crippen molar-refractivity contribution in [3.8, 4) is 11.5 Å². The van der Waals surface area contributed by atoms with Crippen molar-refractivity contribution in [1.82, 2.24) is 5.32 Å². The van der Waals surface area contributed by atoms with E-state index in [-0.39, 0.29) is 11.9 Å². The van der Waals surface area contributed by atoms with Gasteiger partial charge in [-0.15, -0.1) is 0 Å². The number of carbonyl (C=O) groups is 1. The Bertz CT molecular complexity index is 688. The summed E-state index contributed by atoms with van der Waals surface area (Å²) in [6.07, 6.45) is 0. The van der Waals surface area contributed by atoms with Gasteiger partial charge >= 0.3 is 0 Å². The Morgan fingerprint density at radius 1 is 1.00 bits per heavy atom. The van der Waals surface area contributed by atoms with Gasteiger partial charge < -0.3 is 14.8 Å². The zero-order valence-corrected chi connectivity index (χ0v) is 14.3. The fourth-order valence-corrected chi connectivity index (χ4v) is 2.61. The van der Waals surface area contributed by atoms with Crippen molar-refractivity contribution in [3.63, 3.8) is 0 Å².